The predicted molar refractivity (Wildman–Crippen MR) is 69.7 cm³/mol. The Bertz CT molecular complexity index is 396. The topological polar surface area (TPSA) is 67.2 Å². The number of nitrogens with one attached hydrogen (secondary N) is 2. The van der Waals surface area contributed by atoms with Crippen LogP contribution in [0.25, 0.3) is 0 Å². The second-order valence-corrected chi connectivity index (χ2v) is 4.39. The van der Waals surface area contributed by atoms with Crippen molar-refractivity contribution < 1.29 is 4.92 Å². The van der Waals surface area contributed by atoms with Gasteiger partial charge in [-0.05, 0) is 12.1 Å². The minimum Gasteiger partial charge on any atom is -0.378 e. The molecular formula is C11H16ClN3O2. The van der Waals surface area contributed by atoms with E-state index in [4.69, 9.17) is 11.6 Å². The second-order valence-electron chi connectivity index (χ2n) is 3.95. The zero-order valence-corrected chi connectivity index (χ0v) is 10.6. The highest BCUT2D eigenvalue weighted by molar-refractivity contribution is 6.31. The summed E-state index contributed by atoms with van der Waals surface area (Å²) < 4.78 is 0. The van der Waals surface area contributed by atoms with Crippen LogP contribution in [0.4, 0.5) is 11.4 Å². The Kier molecular flexibility index (Phi) is 5.18. The highest BCUT2D eigenvalue weighted by Gasteiger charge is 2.13. The fourth-order valence-corrected chi connectivity index (χ4v) is 1.54. The molecule has 0 heterocycles. The van der Waals surface area contributed by atoms with Crippen molar-refractivity contribution in [1.29, 1.82) is 0 Å². The van der Waals surface area contributed by atoms with Crippen molar-refractivity contribution in [2.24, 2.45) is 0 Å². The average Bonchev–Trinajstić information content (AvgIpc) is 2.23. The van der Waals surface area contributed by atoms with Gasteiger partial charge in [0.1, 0.15) is 5.69 Å². The zero-order valence-electron chi connectivity index (χ0n) is 9.87. The largest absolute Gasteiger partial charge is 0.378 e. The number of hydrogen-bond acceptors (Lipinski definition) is 4. The summed E-state index contributed by atoms with van der Waals surface area (Å²) >= 11 is 5.81. The van der Waals surface area contributed by atoms with E-state index in [0.29, 0.717) is 23.3 Å². The highest BCUT2D eigenvalue weighted by atomic mass is 35.5. The Labute approximate surface area is 105 Å². The van der Waals surface area contributed by atoms with Crippen molar-refractivity contribution >= 4 is 23.0 Å². The maximum absolute atomic E-state index is 10.8. The van der Waals surface area contributed by atoms with Crippen molar-refractivity contribution in [3.05, 3.63) is 33.3 Å². The third-order valence-corrected chi connectivity index (χ3v) is 2.38. The van der Waals surface area contributed by atoms with Crippen LogP contribution in [0.15, 0.2) is 18.2 Å². The lowest BCUT2D eigenvalue weighted by Gasteiger charge is -2.10. The van der Waals surface area contributed by atoms with Crippen LogP contribution in [-0.2, 0) is 0 Å². The number of nitro groups is 1. The molecule has 0 aliphatic rings. The molecule has 0 bridgehead atoms. The molecule has 17 heavy (non-hydrogen) atoms. The van der Waals surface area contributed by atoms with E-state index in [-0.39, 0.29) is 5.69 Å². The van der Waals surface area contributed by atoms with Crippen LogP contribution < -0.4 is 10.6 Å². The first kappa shape index (κ1) is 13.7. The Balaban J connectivity index is 2.62. The van der Waals surface area contributed by atoms with Crippen LogP contribution in [0, 0.1) is 10.1 Å². The van der Waals surface area contributed by atoms with Gasteiger partial charge in [0.15, 0.2) is 0 Å². The molecule has 1 aromatic carbocycles. The smallest absolute Gasteiger partial charge is 0.292 e. The Morgan fingerprint density at radius 3 is 2.71 bits per heavy atom. The molecule has 94 valence electrons. The first-order valence-electron chi connectivity index (χ1n) is 5.42. The lowest BCUT2D eigenvalue weighted by atomic mass is 10.2. The minimum absolute atomic E-state index is 0.0407. The van der Waals surface area contributed by atoms with Gasteiger partial charge in [0, 0.05) is 30.2 Å². The molecule has 0 saturated carbocycles. The Hall–Kier alpha value is -1.33. The minimum atomic E-state index is -0.422. The molecule has 1 aromatic rings. The van der Waals surface area contributed by atoms with Gasteiger partial charge in [0.2, 0.25) is 0 Å². The highest BCUT2D eigenvalue weighted by Crippen LogP contribution is 2.27. The van der Waals surface area contributed by atoms with Crippen LogP contribution in [0.5, 0.6) is 0 Å². The summed E-state index contributed by atoms with van der Waals surface area (Å²) in [5.74, 6) is 0. The van der Waals surface area contributed by atoms with E-state index < -0.39 is 4.92 Å². The fourth-order valence-electron chi connectivity index (χ4n) is 1.37. The van der Waals surface area contributed by atoms with Gasteiger partial charge in [-0.1, -0.05) is 25.4 Å². The first-order valence-corrected chi connectivity index (χ1v) is 5.79. The third-order valence-electron chi connectivity index (χ3n) is 2.15. The number of rotatable bonds is 6. The molecule has 0 aliphatic carbocycles. The van der Waals surface area contributed by atoms with Crippen molar-refractivity contribution in [1.82, 2.24) is 5.32 Å². The standard InChI is InChI=1S/C11H16ClN3O2/c1-8(2)13-5-6-14-10-7-9(12)3-4-11(10)15(16)17/h3-4,7-8,13-14H,5-6H2,1-2H3. The summed E-state index contributed by atoms with van der Waals surface area (Å²) in [6, 6.07) is 4.87. The molecule has 5 nitrogen and oxygen atoms in total. The van der Waals surface area contributed by atoms with E-state index in [2.05, 4.69) is 10.6 Å². The number of benzene rings is 1. The quantitative estimate of drug-likeness (QED) is 0.467. The van der Waals surface area contributed by atoms with E-state index in [1.165, 1.54) is 12.1 Å². The average molecular weight is 258 g/mol. The van der Waals surface area contributed by atoms with Crippen LogP contribution in [0.1, 0.15) is 13.8 Å². The molecule has 2 N–H and O–H groups in total. The van der Waals surface area contributed by atoms with Gasteiger partial charge >= 0.3 is 0 Å². The van der Waals surface area contributed by atoms with Crippen LogP contribution in [-0.4, -0.2) is 24.1 Å². The maximum Gasteiger partial charge on any atom is 0.292 e. The van der Waals surface area contributed by atoms with Crippen molar-refractivity contribution in [2.75, 3.05) is 18.4 Å². The van der Waals surface area contributed by atoms with Gasteiger partial charge < -0.3 is 10.6 Å². The van der Waals surface area contributed by atoms with Crippen LogP contribution in [0.3, 0.4) is 0 Å². The first-order chi connectivity index (χ1) is 8.00. The molecular weight excluding hydrogens is 242 g/mol. The third kappa shape index (κ3) is 4.58. The van der Waals surface area contributed by atoms with Gasteiger partial charge in [-0.2, -0.15) is 0 Å². The second kappa shape index (κ2) is 6.42. The molecule has 0 unspecified atom stereocenters. The SMILES string of the molecule is CC(C)NCCNc1cc(Cl)ccc1[N+](=O)[O-]. The van der Waals surface area contributed by atoms with Gasteiger partial charge in [-0.15, -0.1) is 0 Å². The summed E-state index contributed by atoms with van der Waals surface area (Å²) in [4.78, 5) is 10.4. The summed E-state index contributed by atoms with van der Waals surface area (Å²) in [5.41, 5.74) is 0.493. The van der Waals surface area contributed by atoms with Gasteiger partial charge in [-0.25, -0.2) is 0 Å². The van der Waals surface area contributed by atoms with E-state index in [1.807, 2.05) is 13.8 Å². The van der Waals surface area contributed by atoms with Crippen molar-refractivity contribution in [2.45, 2.75) is 19.9 Å². The molecule has 0 aromatic heterocycles. The van der Waals surface area contributed by atoms with E-state index in [9.17, 15) is 10.1 Å². The van der Waals surface area contributed by atoms with Gasteiger partial charge in [-0.3, -0.25) is 10.1 Å². The van der Waals surface area contributed by atoms with Crippen LogP contribution in [0.2, 0.25) is 5.02 Å². The molecule has 0 spiro atoms. The summed E-state index contributed by atoms with van der Waals surface area (Å²) in [6.07, 6.45) is 0. The molecule has 0 fully saturated rings. The number of nitro benzene ring substituents is 1. The summed E-state index contributed by atoms with van der Waals surface area (Å²) in [5, 5.41) is 17.5. The van der Waals surface area contributed by atoms with E-state index in [1.54, 1.807) is 6.07 Å². The molecule has 1 rings (SSSR count). The van der Waals surface area contributed by atoms with Crippen molar-refractivity contribution in [3.63, 3.8) is 0 Å². The number of anilines is 1. The number of hydrogen-bond donors (Lipinski definition) is 2. The number of halogens is 1. The monoisotopic (exact) mass is 257 g/mol. The summed E-state index contributed by atoms with van der Waals surface area (Å²) in [6.45, 7) is 5.43. The van der Waals surface area contributed by atoms with Crippen molar-refractivity contribution in [3.8, 4) is 0 Å². The molecule has 0 amide bonds. The Morgan fingerprint density at radius 1 is 1.41 bits per heavy atom. The van der Waals surface area contributed by atoms with E-state index in [0.717, 1.165) is 6.54 Å². The fraction of sp³-hybridized carbons (Fsp3) is 0.455. The van der Waals surface area contributed by atoms with Gasteiger partial charge in [0.25, 0.3) is 5.69 Å². The van der Waals surface area contributed by atoms with Gasteiger partial charge in [0.05, 0.1) is 4.92 Å². The molecule has 0 atom stereocenters. The maximum atomic E-state index is 10.8. The molecule has 0 radical (unpaired) electrons. The lowest BCUT2D eigenvalue weighted by molar-refractivity contribution is -0.384. The lowest BCUT2D eigenvalue weighted by Crippen LogP contribution is -2.28. The van der Waals surface area contributed by atoms with E-state index >= 15 is 0 Å². The van der Waals surface area contributed by atoms with Crippen LogP contribution >= 0.6 is 11.6 Å². The number of nitrogens with zero attached hydrogens (tertiary/aromatic N) is 1. The predicted octanol–water partition coefficient (Wildman–Crippen LogP) is 2.66. The summed E-state index contributed by atoms with van der Waals surface area (Å²) in [7, 11) is 0. The zero-order chi connectivity index (χ0) is 12.8. The molecule has 0 aliphatic heterocycles. The Morgan fingerprint density at radius 2 is 2.12 bits per heavy atom. The normalized spacial score (nSPS) is 10.6. The molecule has 0 saturated heterocycles. The molecule has 6 heteroatoms.